The summed E-state index contributed by atoms with van der Waals surface area (Å²) in [6.45, 7) is 14.3. The topological polar surface area (TPSA) is 21.7 Å². The summed E-state index contributed by atoms with van der Waals surface area (Å²) in [5.74, 6) is 1.60. The van der Waals surface area contributed by atoms with Gasteiger partial charge in [0.15, 0.2) is 0 Å². The number of nitrogens with zero attached hydrogens (tertiary/aromatic N) is 1. The lowest BCUT2D eigenvalue weighted by Crippen LogP contribution is -2.53. The summed E-state index contributed by atoms with van der Waals surface area (Å²) in [5, 5.41) is 0. The second kappa shape index (κ2) is 7.05. The van der Waals surface area contributed by atoms with Crippen LogP contribution in [0.4, 0.5) is 0 Å². The Morgan fingerprint density at radius 3 is 2.58 bits per heavy atom. The maximum atomic E-state index is 5.82. The number of unbranched alkanes of at least 4 members (excludes halogenated alkanes) is 1. The van der Waals surface area contributed by atoms with Crippen LogP contribution in [0, 0.1) is 17.3 Å². The van der Waals surface area contributed by atoms with Crippen LogP contribution in [-0.2, 0) is 9.47 Å². The maximum absolute atomic E-state index is 5.82. The average Bonchev–Trinajstić information content (AvgIpc) is 2.42. The van der Waals surface area contributed by atoms with Crippen molar-refractivity contribution in [1.29, 1.82) is 0 Å². The lowest BCUT2D eigenvalue weighted by molar-refractivity contribution is -0.0906. The van der Waals surface area contributed by atoms with E-state index in [-0.39, 0.29) is 0 Å². The molecule has 1 saturated carbocycles. The lowest BCUT2D eigenvalue weighted by atomic mass is 9.55. The average molecular weight is 269 g/mol. The molecule has 0 unspecified atom stereocenters. The van der Waals surface area contributed by atoms with Crippen molar-refractivity contribution in [3.05, 3.63) is 0 Å². The van der Waals surface area contributed by atoms with Crippen LogP contribution in [0.25, 0.3) is 0 Å². The third-order valence-electron chi connectivity index (χ3n) is 5.22. The molecule has 0 amide bonds. The van der Waals surface area contributed by atoms with Crippen LogP contribution in [0.2, 0.25) is 0 Å². The number of rotatable bonds is 7. The molecule has 0 bridgehead atoms. The van der Waals surface area contributed by atoms with E-state index in [2.05, 4.69) is 25.7 Å². The predicted octanol–water partition coefficient (Wildman–Crippen LogP) is 2.80. The van der Waals surface area contributed by atoms with Crippen LogP contribution in [0.5, 0.6) is 0 Å². The third-order valence-corrected chi connectivity index (χ3v) is 5.22. The zero-order chi connectivity index (χ0) is 13.7. The summed E-state index contributed by atoms with van der Waals surface area (Å²) in [6, 6.07) is 0. The van der Waals surface area contributed by atoms with Crippen LogP contribution < -0.4 is 0 Å². The van der Waals surface area contributed by atoms with Gasteiger partial charge in [-0.05, 0) is 30.1 Å². The van der Waals surface area contributed by atoms with Crippen molar-refractivity contribution in [1.82, 2.24) is 4.90 Å². The molecule has 1 aliphatic carbocycles. The van der Waals surface area contributed by atoms with Gasteiger partial charge >= 0.3 is 0 Å². The lowest BCUT2D eigenvalue weighted by Gasteiger charge is -2.54. The molecule has 0 spiro atoms. The van der Waals surface area contributed by atoms with Gasteiger partial charge in [-0.2, -0.15) is 0 Å². The van der Waals surface area contributed by atoms with Gasteiger partial charge in [0.1, 0.15) is 0 Å². The van der Waals surface area contributed by atoms with Crippen molar-refractivity contribution in [2.45, 2.75) is 40.0 Å². The smallest absolute Gasteiger partial charge is 0.0594 e. The van der Waals surface area contributed by atoms with Gasteiger partial charge in [0.05, 0.1) is 13.2 Å². The molecule has 19 heavy (non-hydrogen) atoms. The molecule has 1 heterocycles. The first kappa shape index (κ1) is 15.3. The molecule has 3 heteroatoms. The highest BCUT2D eigenvalue weighted by Crippen LogP contribution is 2.51. The molecule has 2 rings (SSSR count). The van der Waals surface area contributed by atoms with Gasteiger partial charge in [-0.15, -0.1) is 0 Å². The fourth-order valence-corrected chi connectivity index (χ4v) is 3.28. The summed E-state index contributed by atoms with van der Waals surface area (Å²) in [5.41, 5.74) is 0.449. The number of ether oxygens (including phenoxy) is 2. The van der Waals surface area contributed by atoms with Gasteiger partial charge in [0.25, 0.3) is 0 Å². The minimum absolute atomic E-state index is 0.449. The van der Waals surface area contributed by atoms with Gasteiger partial charge < -0.3 is 9.47 Å². The molecule has 0 aromatic rings. The Hall–Kier alpha value is -0.120. The fourth-order valence-electron chi connectivity index (χ4n) is 3.28. The molecule has 3 nitrogen and oxygen atoms in total. The molecular weight excluding hydrogens is 238 g/mol. The molecule has 0 aromatic carbocycles. The SMILES string of the molecule is CCCCOC[C@H]1C[C@@H](CN2CCOCC2)C1(C)C. The van der Waals surface area contributed by atoms with Crippen LogP contribution in [0.3, 0.4) is 0 Å². The van der Waals surface area contributed by atoms with Crippen molar-refractivity contribution < 1.29 is 9.47 Å². The highest BCUT2D eigenvalue weighted by Gasteiger charge is 2.48. The number of hydrogen-bond acceptors (Lipinski definition) is 3. The summed E-state index contributed by atoms with van der Waals surface area (Å²) < 4.78 is 11.2. The van der Waals surface area contributed by atoms with E-state index in [0.717, 1.165) is 51.4 Å². The third kappa shape index (κ3) is 3.93. The highest BCUT2D eigenvalue weighted by atomic mass is 16.5. The van der Waals surface area contributed by atoms with Gasteiger partial charge in [-0.25, -0.2) is 0 Å². The Morgan fingerprint density at radius 2 is 1.95 bits per heavy atom. The zero-order valence-corrected chi connectivity index (χ0v) is 13.0. The molecule has 2 fully saturated rings. The molecule has 0 aromatic heterocycles. The van der Waals surface area contributed by atoms with E-state index in [1.807, 2.05) is 0 Å². The quantitative estimate of drug-likeness (QED) is 0.663. The Morgan fingerprint density at radius 1 is 1.21 bits per heavy atom. The summed E-state index contributed by atoms with van der Waals surface area (Å²) >= 11 is 0. The van der Waals surface area contributed by atoms with E-state index in [0.29, 0.717) is 5.41 Å². The van der Waals surface area contributed by atoms with Gasteiger partial charge in [-0.1, -0.05) is 27.2 Å². The van der Waals surface area contributed by atoms with Crippen molar-refractivity contribution in [3.8, 4) is 0 Å². The van der Waals surface area contributed by atoms with E-state index in [1.54, 1.807) is 0 Å². The van der Waals surface area contributed by atoms with E-state index < -0.39 is 0 Å². The Balaban J connectivity index is 1.67. The first-order valence-corrected chi connectivity index (χ1v) is 8.02. The Kier molecular flexibility index (Phi) is 5.67. The van der Waals surface area contributed by atoms with E-state index in [9.17, 15) is 0 Å². The van der Waals surface area contributed by atoms with Crippen LogP contribution >= 0.6 is 0 Å². The first-order valence-electron chi connectivity index (χ1n) is 8.02. The van der Waals surface area contributed by atoms with Crippen molar-refractivity contribution in [2.24, 2.45) is 17.3 Å². The van der Waals surface area contributed by atoms with E-state index in [1.165, 1.54) is 25.8 Å². The predicted molar refractivity (Wildman–Crippen MR) is 78.4 cm³/mol. The molecule has 0 radical (unpaired) electrons. The van der Waals surface area contributed by atoms with Gasteiger partial charge in [0, 0.05) is 32.8 Å². The summed E-state index contributed by atoms with van der Waals surface area (Å²) in [7, 11) is 0. The second-order valence-electron chi connectivity index (χ2n) is 6.79. The van der Waals surface area contributed by atoms with Crippen molar-refractivity contribution in [3.63, 3.8) is 0 Å². The monoisotopic (exact) mass is 269 g/mol. The minimum atomic E-state index is 0.449. The van der Waals surface area contributed by atoms with Crippen LogP contribution in [0.15, 0.2) is 0 Å². The van der Waals surface area contributed by atoms with E-state index >= 15 is 0 Å². The standard InChI is InChI=1S/C16H31NO2/c1-4-5-8-19-13-15-11-14(16(15,2)3)12-17-6-9-18-10-7-17/h14-15H,4-13H2,1-3H3/t14-,15+/m0/s1. The molecule has 1 aliphatic heterocycles. The molecular formula is C16H31NO2. The zero-order valence-electron chi connectivity index (χ0n) is 13.0. The highest BCUT2D eigenvalue weighted by molar-refractivity contribution is 4.97. The Bertz CT molecular complexity index is 261. The van der Waals surface area contributed by atoms with Gasteiger partial charge in [0.2, 0.25) is 0 Å². The van der Waals surface area contributed by atoms with Crippen molar-refractivity contribution in [2.75, 3.05) is 46.1 Å². The van der Waals surface area contributed by atoms with Crippen molar-refractivity contribution >= 4 is 0 Å². The molecule has 0 N–H and O–H groups in total. The minimum Gasteiger partial charge on any atom is -0.381 e. The summed E-state index contributed by atoms with van der Waals surface area (Å²) in [6.07, 6.45) is 3.77. The van der Waals surface area contributed by atoms with Crippen LogP contribution in [-0.4, -0.2) is 51.0 Å². The van der Waals surface area contributed by atoms with E-state index in [4.69, 9.17) is 9.47 Å². The molecule has 2 aliphatic rings. The first-order chi connectivity index (χ1) is 9.14. The Labute approximate surface area is 118 Å². The van der Waals surface area contributed by atoms with Crippen LogP contribution in [0.1, 0.15) is 40.0 Å². The molecule has 112 valence electrons. The maximum Gasteiger partial charge on any atom is 0.0594 e. The number of hydrogen-bond donors (Lipinski definition) is 0. The summed E-state index contributed by atoms with van der Waals surface area (Å²) in [4.78, 5) is 2.57. The normalized spacial score (nSPS) is 31.1. The number of morpholine rings is 1. The van der Waals surface area contributed by atoms with Gasteiger partial charge in [-0.3, -0.25) is 4.90 Å². The molecule has 1 saturated heterocycles. The molecule has 2 atom stereocenters. The largest absolute Gasteiger partial charge is 0.381 e. The second-order valence-corrected chi connectivity index (χ2v) is 6.79. The fraction of sp³-hybridized carbons (Fsp3) is 1.00.